The van der Waals surface area contributed by atoms with E-state index >= 15 is 0 Å². The summed E-state index contributed by atoms with van der Waals surface area (Å²) >= 11 is 8.53. The molecule has 0 aromatic carbocycles. The van der Waals surface area contributed by atoms with Gasteiger partial charge in [-0.2, -0.15) is 0 Å². The molecule has 0 fully saturated rings. The van der Waals surface area contributed by atoms with E-state index < -0.39 is 17.9 Å². The highest BCUT2D eigenvalue weighted by atomic mass is 79.9. The molecule has 72 valence electrons. The molecule has 0 aliphatic carbocycles. The standard InChI is InChI=1S/C7H4BrClF3N/c8-2-5-3(9)1-4(10)6(13-5)7(11)12/h1,7H,2H2. The molecule has 0 amide bonds. The first-order valence-electron chi connectivity index (χ1n) is 3.25. The second-order valence-electron chi connectivity index (χ2n) is 2.22. The Kier molecular flexibility index (Phi) is 3.55. The van der Waals surface area contributed by atoms with E-state index in [2.05, 4.69) is 20.9 Å². The van der Waals surface area contributed by atoms with Crippen LogP contribution in [-0.4, -0.2) is 4.98 Å². The molecule has 0 bridgehead atoms. The quantitative estimate of drug-likeness (QED) is 0.749. The lowest BCUT2D eigenvalue weighted by Crippen LogP contribution is -1.99. The minimum absolute atomic E-state index is 0.0405. The Bertz CT molecular complexity index is 319. The molecular formula is C7H4BrClF3N. The third kappa shape index (κ3) is 2.34. The van der Waals surface area contributed by atoms with Gasteiger partial charge < -0.3 is 0 Å². The van der Waals surface area contributed by atoms with Crippen LogP contribution in [0.3, 0.4) is 0 Å². The van der Waals surface area contributed by atoms with Crippen molar-refractivity contribution in [1.29, 1.82) is 0 Å². The fourth-order valence-corrected chi connectivity index (χ4v) is 1.56. The van der Waals surface area contributed by atoms with Crippen LogP contribution in [0, 0.1) is 5.82 Å². The number of alkyl halides is 3. The maximum Gasteiger partial charge on any atom is 0.283 e. The zero-order chi connectivity index (χ0) is 10.0. The third-order valence-electron chi connectivity index (χ3n) is 1.36. The van der Waals surface area contributed by atoms with E-state index in [1.54, 1.807) is 0 Å². The molecule has 6 heteroatoms. The zero-order valence-electron chi connectivity index (χ0n) is 6.20. The van der Waals surface area contributed by atoms with Gasteiger partial charge in [-0.25, -0.2) is 18.2 Å². The summed E-state index contributed by atoms with van der Waals surface area (Å²) in [5.74, 6) is -1.08. The maximum atomic E-state index is 12.8. The van der Waals surface area contributed by atoms with E-state index in [0.717, 1.165) is 6.07 Å². The number of halogens is 5. The van der Waals surface area contributed by atoms with Gasteiger partial charge in [0.25, 0.3) is 6.43 Å². The SMILES string of the molecule is Fc1cc(Cl)c(CBr)nc1C(F)F. The van der Waals surface area contributed by atoms with E-state index in [1.807, 2.05) is 0 Å². The van der Waals surface area contributed by atoms with Crippen molar-refractivity contribution >= 4 is 27.5 Å². The van der Waals surface area contributed by atoms with Crippen molar-refractivity contribution in [3.8, 4) is 0 Å². The van der Waals surface area contributed by atoms with E-state index in [0.29, 0.717) is 0 Å². The molecule has 0 saturated carbocycles. The molecule has 1 aromatic rings. The number of nitrogens with zero attached hydrogens (tertiary/aromatic N) is 1. The van der Waals surface area contributed by atoms with Gasteiger partial charge in [-0.3, -0.25) is 0 Å². The zero-order valence-corrected chi connectivity index (χ0v) is 8.54. The lowest BCUT2D eigenvalue weighted by atomic mass is 10.3. The summed E-state index contributed by atoms with van der Waals surface area (Å²) in [6.45, 7) is 0. The first kappa shape index (κ1) is 10.8. The number of hydrogen-bond acceptors (Lipinski definition) is 1. The predicted molar refractivity (Wildman–Crippen MR) is 46.8 cm³/mol. The molecule has 1 rings (SSSR count). The molecule has 0 aliphatic heterocycles. The van der Waals surface area contributed by atoms with Gasteiger partial charge >= 0.3 is 0 Å². The Morgan fingerprint density at radius 1 is 1.54 bits per heavy atom. The summed E-state index contributed by atoms with van der Waals surface area (Å²) in [7, 11) is 0. The molecular weight excluding hydrogens is 270 g/mol. The van der Waals surface area contributed by atoms with Crippen molar-refractivity contribution in [2.24, 2.45) is 0 Å². The number of aromatic nitrogens is 1. The maximum absolute atomic E-state index is 12.8. The van der Waals surface area contributed by atoms with Gasteiger partial charge in [-0.05, 0) is 6.07 Å². The lowest BCUT2D eigenvalue weighted by Gasteiger charge is -2.04. The molecule has 13 heavy (non-hydrogen) atoms. The van der Waals surface area contributed by atoms with E-state index in [9.17, 15) is 13.2 Å². The number of pyridine rings is 1. The highest BCUT2D eigenvalue weighted by molar-refractivity contribution is 9.08. The summed E-state index contributed by atoms with van der Waals surface area (Å²) in [6.07, 6.45) is -2.92. The number of rotatable bonds is 2. The Morgan fingerprint density at radius 3 is 2.62 bits per heavy atom. The molecule has 0 N–H and O–H groups in total. The Hall–Kier alpha value is -0.290. The van der Waals surface area contributed by atoms with Crippen LogP contribution in [0.25, 0.3) is 0 Å². The average Bonchev–Trinajstić information content (AvgIpc) is 2.03. The van der Waals surface area contributed by atoms with E-state index in [4.69, 9.17) is 11.6 Å². The van der Waals surface area contributed by atoms with Crippen LogP contribution < -0.4 is 0 Å². The summed E-state index contributed by atoms with van der Waals surface area (Å²) in [5, 5.41) is 0.255. The van der Waals surface area contributed by atoms with Gasteiger partial charge in [0.15, 0.2) is 5.82 Å². The predicted octanol–water partition coefficient (Wildman–Crippen LogP) is 3.71. The van der Waals surface area contributed by atoms with Crippen LogP contribution in [0.4, 0.5) is 13.2 Å². The van der Waals surface area contributed by atoms with Crippen molar-refractivity contribution in [2.45, 2.75) is 11.8 Å². The summed E-state index contributed by atoms with van der Waals surface area (Å²) in [4.78, 5) is 3.39. The average molecular weight is 274 g/mol. The normalized spacial score (nSPS) is 10.9. The molecule has 0 atom stereocenters. The van der Waals surface area contributed by atoms with E-state index in [1.165, 1.54) is 0 Å². The Labute approximate surface area is 86.0 Å². The minimum Gasteiger partial charge on any atom is -0.246 e. The van der Waals surface area contributed by atoms with Gasteiger partial charge in [0.05, 0.1) is 10.7 Å². The highest BCUT2D eigenvalue weighted by Crippen LogP contribution is 2.25. The monoisotopic (exact) mass is 273 g/mol. The van der Waals surface area contributed by atoms with Gasteiger partial charge in [-0.15, -0.1) is 0 Å². The van der Waals surface area contributed by atoms with Crippen molar-refractivity contribution < 1.29 is 13.2 Å². The van der Waals surface area contributed by atoms with Gasteiger partial charge in [-0.1, -0.05) is 27.5 Å². The fourth-order valence-electron chi connectivity index (χ4n) is 0.767. The largest absolute Gasteiger partial charge is 0.283 e. The van der Waals surface area contributed by atoms with Crippen molar-refractivity contribution in [1.82, 2.24) is 4.98 Å². The molecule has 0 spiro atoms. The minimum atomic E-state index is -2.92. The highest BCUT2D eigenvalue weighted by Gasteiger charge is 2.17. The second kappa shape index (κ2) is 4.28. The second-order valence-corrected chi connectivity index (χ2v) is 3.19. The van der Waals surface area contributed by atoms with Crippen LogP contribution in [0.5, 0.6) is 0 Å². The summed E-state index contributed by atoms with van der Waals surface area (Å²) < 4.78 is 37.0. The van der Waals surface area contributed by atoms with Crippen molar-refractivity contribution in [3.05, 3.63) is 28.3 Å². The van der Waals surface area contributed by atoms with Crippen molar-refractivity contribution in [3.63, 3.8) is 0 Å². The van der Waals surface area contributed by atoms with Crippen LogP contribution in [0.15, 0.2) is 6.07 Å². The summed E-state index contributed by atoms with van der Waals surface area (Å²) in [5.41, 5.74) is -0.655. The molecule has 0 unspecified atom stereocenters. The number of hydrogen-bond donors (Lipinski definition) is 0. The third-order valence-corrected chi connectivity index (χ3v) is 2.22. The molecule has 0 radical (unpaired) electrons. The summed E-state index contributed by atoms with van der Waals surface area (Å²) in [6, 6.07) is 0.840. The topological polar surface area (TPSA) is 12.9 Å². The Morgan fingerprint density at radius 2 is 2.15 bits per heavy atom. The van der Waals surface area contributed by atoms with Crippen LogP contribution in [0.2, 0.25) is 5.02 Å². The lowest BCUT2D eigenvalue weighted by molar-refractivity contribution is 0.140. The van der Waals surface area contributed by atoms with Crippen molar-refractivity contribution in [2.75, 3.05) is 0 Å². The van der Waals surface area contributed by atoms with E-state index in [-0.39, 0.29) is 16.0 Å². The molecule has 0 aliphatic rings. The Balaban J connectivity index is 3.22. The first-order valence-corrected chi connectivity index (χ1v) is 4.75. The molecule has 1 nitrogen and oxygen atoms in total. The fraction of sp³-hybridized carbons (Fsp3) is 0.286. The smallest absolute Gasteiger partial charge is 0.246 e. The molecule has 1 heterocycles. The molecule has 1 aromatic heterocycles. The van der Waals surface area contributed by atoms with Gasteiger partial charge in [0.1, 0.15) is 5.69 Å². The van der Waals surface area contributed by atoms with Crippen LogP contribution >= 0.6 is 27.5 Å². The van der Waals surface area contributed by atoms with Crippen LogP contribution in [-0.2, 0) is 5.33 Å². The van der Waals surface area contributed by atoms with Gasteiger partial charge in [0.2, 0.25) is 0 Å². The van der Waals surface area contributed by atoms with Gasteiger partial charge in [0, 0.05) is 5.33 Å². The first-order chi connectivity index (χ1) is 6.06. The van der Waals surface area contributed by atoms with Crippen LogP contribution in [0.1, 0.15) is 17.8 Å². The molecule has 0 saturated heterocycles.